The first-order valence-electron chi connectivity index (χ1n) is 5.62. The summed E-state index contributed by atoms with van der Waals surface area (Å²) in [5.41, 5.74) is 5.78. The SMILES string of the molecule is CC(CCN)S(=O)(=O)Cc1ccc([N+](=O)[O-])cc1Br. The Labute approximate surface area is 120 Å². The zero-order valence-corrected chi connectivity index (χ0v) is 12.8. The Bertz CT molecular complexity index is 574. The van der Waals surface area contributed by atoms with Gasteiger partial charge in [-0.25, -0.2) is 8.42 Å². The molecule has 0 amide bonds. The van der Waals surface area contributed by atoms with Gasteiger partial charge in [-0.3, -0.25) is 10.1 Å². The highest BCUT2D eigenvalue weighted by Crippen LogP contribution is 2.25. The van der Waals surface area contributed by atoms with E-state index in [0.29, 0.717) is 23.0 Å². The summed E-state index contributed by atoms with van der Waals surface area (Å²) >= 11 is 3.16. The van der Waals surface area contributed by atoms with E-state index in [0.717, 1.165) is 0 Å². The van der Waals surface area contributed by atoms with Crippen LogP contribution in [0, 0.1) is 10.1 Å². The van der Waals surface area contributed by atoms with Crippen molar-refractivity contribution in [3.63, 3.8) is 0 Å². The summed E-state index contributed by atoms with van der Waals surface area (Å²) in [5, 5.41) is 10.1. The number of halogens is 1. The molecule has 0 spiro atoms. The predicted octanol–water partition coefficient (Wildman–Crippen LogP) is 2.01. The molecule has 2 N–H and O–H groups in total. The number of rotatable bonds is 6. The number of hydrogen-bond donors (Lipinski definition) is 1. The molecule has 1 atom stereocenters. The van der Waals surface area contributed by atoms with Crippen LogP contribution < -0.4 is 5.73 Å². The molecule has 0 radical (unpaired) electrons. The van der Waals surface area contributed by atoms with E-state index < -0.39 is 20.0 Å². The van der Waals surface area contributed by atoms with E-state index in [4.69, 9.17) is 5.73 Å². The van der Waals surface area contributed by atoms with Crippen molar-refractivity contribution >= 4 is 31.5 Å². The number of non-ortho nitro benzene ring substituents is 1. The Balaban J connectivity index is 2.97. The highest BCUT2D eigenvalue weighted by molar-refractivity contribution is 9.10. The Morgan fingerprint density at radius 3 is 2.58 bits per heavy atom. The quantitative estimate of drug-likeness (QED) is 0.624. The molecule has 0 aliphatic rings. The van der Waals surface area contributed by atoms with Gasteiger partial charge < -0.3 is 5.73 Å². The molecule has 0 bridgehead atoms. The summed E-state index contributed by atoms with van der Waals surface area (Å²) in [7, 11) is -3.31. The van der Waals surface area contributed by atoms with E-state index in [1.54, 1.807) is 6.92 Å². The van der Waals surface area contributed by atoms with Crippen molar-refractivity contribution in [2.24, 2.45) is 5.73 Å². The first-order chi connectivity index (χ1) is 8.77. The van der Waals surface area contributed by atoms with Crippen LogP contribution in [0.1, 0.15) is 18.9 Å². The minimum absolute atomic E-state index is 0.0805. The fraction of sp³-hybridized carbons (Fsp3) is 0.455. The molecule has 0 fully saturated rings. The van der Waals surface area contributed by atoms with Gasteiger partial charge in [-0.1, -0.05) is 22.0 Å². The molecule has 1 aromatic rings. The summed E-state index contributed by atoms with van der Waals surface area (Å²) in [6.07, 6.45) is 0.396. The number of nitro groups is 1. The van der Waals surface area contributed by atoms with Crippen molar-refractivity contribution in [2.75, 3.05) is 6.54 Å². The van der Waals surface area contributed by atoms with Gasteiger partial charge in [0.1, 0.15) is 0 Å². The number of nitro benzene ring substituents is 1. The lowest BCUT2D eigenvalue weighted by Crippen LogP contribution is -2.23. The fourth-order valence-corrected chi connectivity index (χ4v) is 3.70. The highest BCUT2D eigenvalue weighted by atomic mass is 79.9. The van der Waals surface area contributed by atoms with Crippen molar-refractivity contribution in [3.8, 4) is 0 Å². The first-order valence-corrected chi connectivity index (χ1v) is 8.13. The van der Waals surface area contributed by atoms with Crippen molar-refractivity contribution < 1.29 is 13.3 Å². The van der Waals surface area contributed by atoms with Crippen molar-refractivity contribution in [3.05, 3.63) is 38.3 Å². The molecule has 1 rings (SSSR count). The van der Waals surface area contributed by atoms with Gasteiger partial charge >= 0.3 is 0 Å². The molecule has 0 heterocycles. The third-order valence-electron chi connectivity index (χ3n) is 2.79. The van der Waals surface area contributed by atoms with E-state index in [2.05, 4.69) is 15.9 Å². The molecule has 106 valence electrons. The smallest absolute Gasteiger partial charge is 0.270 e. The second-order valence-electron chi connectivity index (χ2n) is 4.23. The van der Waals surface area contributed by atoms with Gasteiger partial charge in [0, 0.05) is 16.6 Å². The number of nitrogens with zero attached hydrogens (tertiary/aromatic N) is 1. The van der Waals surface area contributed by atoms with Crippen LogP contribution in [0.2, 0.25) is 0 Å². The highest BCUT2D eigenvalue weighted by Gasteiger charge is 2.22. The number of sulfone groups is 1. The minimum Gasteiger partial charge on any atom is -0.330 e. The van der Waals surface area contributed by atoms with Gasteiger partial charge in [-0.2, -0.15) is 0 Å². The maximum absolute atomic E-state index is 12.1. The monoisotopic (exact) mass is 350 g/mol. The molecule has 8 heteroatoms. The van der Waals surface area contributed by atoms with Crippen molar-refractivity contribution in [2.45, 2.75) is 24.3 Å². The number of hydrogen-bond acceptors (Lipinski definition) is 5. The molecule has 0 aliphatic carbocycles. The van der Waals surface area contributed by atoms with Gasteiger partial charge in [-0.05, 0) is 25.5 Å². The Morgan fingerprint density at radius 2 is 2.11 bits per heavy atom. The molecule has 0 saturated heterocycles. The molecule has 19 heavy (non-hydrogen) atoms. The average molecular weight is 351 g/mol. The van der Waals surface area contributed by atoms with E-state index in [-0.39, 0.29) is 11.4 Å². The standard InChI is InChI=1S/C11H15BrN2O4S/c1-8(4-5-13)19(17,18)7-9-2-3-10(14(15)16)6-11(9)12/h2-3,6,8H,4-5,7,13H2,1H3. The molecule has 0 saturated carbocycles. The summed E-state index contributed by atoms with van der Waals surface area (Å²) < 4.78 is 24.5. The number of benzene rings is 1. The maximum Gasteiger partial charge on any atom is 0.270 e. The van der Waals surface area contributed by atoms with Gasteiger partial charge in [-0.15, -0.1) is 0 Å². The normalized spacial score (nSPS) is 13.2. The predicted molar refractivity (Wildman–Crippen MR) is 76.6 cm³/mol. The molecule has 0 aromatic heterocycles. The van der Waals surface area contributed by atoms with Crippen LogP contribution >= 0.6 is 15.9 Å². The lowest BCUT2D eigenvalue weighted by Gasteiger charge is -2.12. The summed E-state index contributed by atoms with van der Waals surface area (Å²) in [6, 6.07) is 4.05. The molecule has 1 unspecified atom stereocenters. The first kappa shape index (κ1) is 16.1. The van der Waals surface area contributed by atoms with Crippen molar-refractivity contribution in [1.82, 2.24) is 0 Å². The van der Waals surface area contributed by atoms with Crippen molar-refractivity contribution in [1.29, 1.82) is 0 Å². The lowest BCUT2D eigenvalue weighted by molar-refractivity contribution is -0.384. The molecular weight excluding hydrogens is 336 g/mol. The van der Waals surface area contributed by atoms with Crippen LogP contribution in [0.15, 0.2) is 22.7 Å². The summed E-state index contributed by atoms with van der Waals surface area (Å²) in [5.74, 6) is -0.160. The lowest BCUT2D eigenvalue weighted by atomic mass is 10.2. The maximum atomic E-state index is 12.1. The van der Waals surface area contributed by atoms with Gasteiger partial charge in [0.15, 0.2) is 9.84 Å². The topological polar surface area (TPSA) is 103 Å². The summed E-state index contributed by atoms with van der Waals surface area (Å²) in [6.45, 7) is 1.92. The fourth-order valence-electron chi connectivity index (χ4n) is 1.54. The van der Waals surface area contributed by atoms with Crippen LogP contribution in [0.5, 0.6) is 0 Å². The Morgan fingerprint density at radius 1 is 1.47 bits per heavy atom. The summed E-state index contributed by atoms with van der Waals surface area (Å²) in [4.78, 5) is 10.1. The second kappa shape index (κ2) is 6.44. The second-order valence-corrected chi connectivity index (χ2v) is 7.50. The Hall–Kier alpha value is -0.990. The largest absolute Gasteiger partial charge is 0.330 e. The molecular formula is C11H15BrN2O4S. The van der Waals surface area contributed by atoms with E-state index >= 15 is 0 Å². The molecule has 0 aliphatic heterocycles. The number of nitrogens with two attached hydrogens (primary N) is 1. The van der Waals surface area contributed by atoms with Gasteiger partial charge in [0.25, 0.3) is 5.69 Å². The van der Waals surface area contributed by atoms with E-state index in [9.17, 15) is 18.5 Å². The minimum atomic E-state index is -3.31. The van der Waals surface area contributed by atoms with Crippen LogP contribution in [-0.2, 0) is 15.6 Å². The van der Waals surface area contributed by atoms with Crippen LogP contribution in [0.4, 0.5) is 5.69 Å². The van der Waals surface area contributed by atoms with Crippen LogP contribution in [0.25, 0.3) is 0 Å². The average Bonchev–Trinajstić information content (AvgIpc) is 2.31. The third-order valence-corrected chi connectivity index (χ3v) is 5.70. The van der Waals surface area contributed by atoms with E-state index in [1.807, 2.05) is 0 Å². The third kappa shape index (κ3) is 4.26. The van der Waals surface area contributed by atoms with Crippen LogP contribution in [0.3, 0.4) is 0 Å². The van der Waals surface area contributed by atoms with Gasteiger partial charge in [0.05, 0.1) is 15.9 Å². The van der Waals surface area contributed by atoms with Crippen LogP contribution in [-0.4, -0.2) is 25.1 Å². The zero-order chi connectivity index (χ0) is 14.6. The zero-order valence-electron chi connectivity index (χ0n) is 10.4. The van der Waals surface area contributed by atoms with E-state index in [1.165, 1.54) is 18.2 Å². The molecule has 6 nitrogen and oxygen atoms in total. The van der Waals surface area contributed by atoms with Gasteiger partial charge in [0.2, 0.25) is 0 Å². The Kier molecular flexibility index (Phi) is 5.45. The molecule has 1 aromatic carbocycles.